The second-order valence-electron chi connectivity index (χ2n) is 8.60. The number of hydrogen-bond donors (Lipinski definition) is 2. The first kappa shape index (κ1) is 24.7. The summed E-state index contributed by atoms with van der Waals surface area (Å²) < 4.78 is 48.1. The van der Waals surface area contributed by atoms with Crippen LogP contribution in [0.25, 0.3) is 17.0 Å². The first-order valence-electron chi connectivity index (χ1n) is 11.6. The Kier molecular flexibility index (Phi) is 6.76. The summed E-state index contributed by atoms with van der Waals surface area (Å²) in [7, 11) is 0. The zero-order valence-corrected chi connectivity index (χ0v) is 19.7. The molecule has 3 aromatic heterocycles. The number of alkyl halides is 3. The molecule has 0 radical (unpaired) electrons. The molecule has 0 aliphatic carbocycles. The molecular formula is C25H23F3N6O3. The van der Waals surface area contributed by atoms with Crippen LogP contribution >= 0.6 is 0 Å². The van der Waals surface area contributed by atoms with Gasteiger partial charge in [-0.1, -0.05) is 0 Å². The number of amides is 1. The molecule has 37 heavy (non-hydrogen) atoms. The van der Waals surface area contributed by atoms with Crippen molar-refractivity contribution < 1.29 is 27.5 Å². The van der Waals surface area contributed by atoms with Crippen molar-refractivity contribution in [1.82, 2.24) is 24.8 Å². The number of nitrogens with one attached hydrogen (secondary N) is 2. The van der Waals surface area contributed by atoms with Crippen molar-refractivity contribution in [2.75, 3.05) is 18.5 Å². The average molecular weight is 512 g/mol. The van der Waals surface area contributed by atoms with E-state index in [0.717, 1.165) is 18.4 Å². The Labute approximate surface area is 209 Å². The molecule has 5 rings (SSSR count). The number of hydrogen-bond acceptors (Lipinski definition) is 7. The Balaban J connectivity index is 1.33. The Morgan fingerprint density at radius 2 is 1.97 bits per heavy atom. The van der Waals surface area contributed by atoms with Gasteiger partial charge >= 0.3 is 6.18 Å². The van der Waals surface area contributed by atoms with Crippen LogP contribution in [0.15, 0.2) is 54.9 Å². The SMILES string of the molecule is Cc1ccn2c(-c3ccnc(Nc4ccc(C(=O)NOC5CCCOC5)cc4)n3)c(C(F)(F)F)nc2c1. The molecule has 2 N–H and O–H groups in total. The molecule has 1 amide bonds. The summed E-state index contributed by atoms with van der Waals surface area (Å²) >= 11 is 0. The molecule has 1 saturated heterocycles. The number of carbonyl (C=O) groups is 1. The molecular weight excluding hydrogens is 489 g/mol. The van der Waals surface area contributed by atoms with Crippen molar-refractivity contribution in [3.63, 3.8) is 0 Å². The summed E-state index contributed by atoms with van der Waals surface area (Å²) in [5, 5.41) is 2.96. The second kappa shape index (κ2) is 10.1. The number of ether oxygens (including phenoxy) is 1. The second-order valence-corrected chi connectivity index (χ2v) is 8.60. The molecule has 0 saturated carbocycles. The summed E-state index contributed by atoms with van der Waals surface area (Å²) in [6, 6.07) is 11.1. The lowest BCUT2D eigenvalue weighted by Crippen LogP contribution is -2.34. The highest BCUT2D eigenvalue weighted by molar-refractivity contribution is 5.93. The van der Waals surface area contributed by atoms with Gasteiger partial charge in [0, 0.05) is 30.3 Å². The number of hydroxylamine groups is 1. The monoisotopic (exact) mass is 512 g/mol. The van der Waals surface area contributed by atoms with E-state index in [-0.39, 0.29) is 29.1 Å². The van der Waals surface area contributed by atoms with Crippen LogP contribution in [0.4, 0.5) is 24.8 Å². The number of rotatable bonds is 6. The molecule has 0 bridgehead atoms. The number of carbonyl (C=O) groups excluding carboxylic acids is 1. The van der Waals surface area contributed by atoms with E-state index < -0.39 is 17.8 Å². The molecule has 1 aliphatic heterocycles. The molecule has 1 fully saturated rings. The minimum Gasteiger partial charge on any atom is -0.379 e. The molecule has 4 aromatic rings. The van der Waals surface area contributed by atoms with Gasteiger partial charge in [-0.2, -0.15) is 13.2 Å². The summed E-state index contributed by atoms with van der Waals surface area (Å²) in [5.74, 6) is -0.316. The van der Waals surface area contributed by atoms with Gasteiger partial charge in [-0.05, 0) is 67.8 Å². The summed E-state index contributed by atoms with van der Waals surface area (Å²) in [5.41, 5.74) is 3.15. The summed E-state index contributed by atoms with van der Waals surface area (Å²) in [6.07, 6.45) is -0.269. The van der Waals surface area contributed by atoms with E-state index >= 15 is 0 Å². The van der Waals surface area contributed by atoms with E-state index in [2.05, 4.69) is 25.7 Å². The van der Waals surface area contributed by atoms with E-state index in [0.29, 0.717) is 24.5 Å². The molecule has 1 atom stereocenters. The largest absolute Gasteiger partial charge is 0.435 e. The van der Waals surface area contributed by atoms with Crippen molar-refractivity contribution in [3.8, 4) is 11.4 Å². The number of aromatic nitrogens is 4. The molecule has 1 unspecified atom stereocenters. The van der Waals surface area contributed by atoms with Gasteiger partial charge in [0.05, 0.1) is 12.3 Å². The smallest absolute Gasteiger partial charge is 0.379 e. The highest BCUT2D eigenvalue weighted by Gasteiger charge is 2.38. The minimum absolute atomic E-state index is 0.0565. The standard InChI is InChI=1S/C25H23F3N6O3/c1-15-9-11-34-20(13-15)32-22(25(26,27)28)21(34)19-8-10-29-24(31-19)30-17-6-4-16(5-7-17)23(35)33-37-18-3-2-12-36-14-18/h4-11,13,18H,2-3,12,14H2,1H3,(H,33,35)(H,29,30,31). The Bertz CT molecular complexity index is 1420. The first-order chi connectivity index (χ1) is 17.8. The zero-order chi connectivity index (χ0) is 26.0. The van der Waals surface area contributed by atoms with Gasteiger partial charge in [-0.25, -0.2) is 20.4 Å². The van der Waals surface area contributed by atoms with Crippen molar-refractivity contribution in [3.05, 3.63) is 71.7 Å². The molecule has 9 nitrogen and oxygen atoms in total. The number of aryl methyl sites for hydroxylation is 1. The molecule has 1 aliphatic rings. The molecule has 4 heterocycles. The van der Waals surface area contributed by atoms with E-state index in [1.165, 1.54) is 22.9 Å². The Hall–Kier alpha value is -4.03. The lowest BCUT2D eigenvalue weighted by molar-refractivity contribution is -0.140. The van der Waals surface area contributed by atoms with Crippen molar-refractivity contribution >= 4 is 23.2 Å². The number of benzene rings is 1. The normalized spacial score (nSPS) is 16.1. The van der Waals surface area contributed by atoms with Crippen molar-refractivity contribution in [2.45, 2.75) is 32.0 Å². The summed E-state index contributed by atoms with van der Waals surface area (Å²) in [6.45, 7) is 2.90. The number of pyridine rings is 1. The van der Waals surface area contributed by atoms with Gasteiger partial charge in [-0.3, -0.25) is 14.0 Å². The maximum absolute atomic E-state index is 13.8. The van der Waals surface area contributed by atoms with Gasteiger partial charge in [0.2, 0.25) is 5.95 Å². The Morgan fingerprint density at radius 1 is 1.16 bits per heavy atom. The Morgan fingerprint density at radius 3 is 2.70 bits per heavy atom. The van der Waals surface area contributed by atoms with Crippen LogP contribution in [0.2, 0.25) is 0 Å². The first-order valence-corrected chi connectivity index (χ1v) is 11.6. The quantitative estimate of drug-likeness (QED) is 0.361. The van der Waals surface area contributed by atoms with Gasteiger partial charge < -0.3 is 10.1 Å². The number of fused-ring (bicyclic) bond motifs is 1. The predicted octanol–water partition coefficient (Wildman–Crippen LogP) is 4.70. The third-order valence-electron chi connectivity index (χ3n) is 5.79. The van der Waals surface area contributed by atoms with E-state index in [9.17, 15) is 18.0 Å². The van der Waals surface area contributed by atoms with Gasteiger partial charge in [0.1, 0.15) is 17.4 Å². The van der Waals surface area contributed by atoms with Crippen LogP contribution in [0.1, 0.15) is 34.5 Å². The van der Waals surface area contributed by atoms with Crippen LogP contribution in [0.5, 0.6) is 0 Å². The zero-order valence-electron chi connectivity index (χ0n) is 19.7. The molecule has 0 spiro atoms. The number of nitrogens with zero attached hydrogens (tertiary/aromatic N) is 4. The molecule has 192 valence electrons. The van der Waals surface area contributed by atoms with Crippen molar-refractivity contribution in [1.29, 1.82) is 0 Å². The van der Waals surface area contributed by atoms with E-state index in [1.807, 2.05) is 0 Å². The maximum Gasteiger partial charge on any atom is 0.435 e. The maximum atomic E-state index is 13.8. The fraction of sp³-hybridized carbons (Fsp3) is 0.280. The third kappa shape index (κ3) is 5.54. The van der Waals surface area contributed by atoms with E-state index in [1.54, 1.807) is 43.3 Å². The molecule has 12 heteroatoms. The third-order valence-corrected chi connectivity index (χ3v) is 5.79. The lowest BCUT2D eigenvalue weighted by atomic mass is 10.2. The van der Waals surface area contributed by atoms with Crippen LogP contribution in [0.3, 0.4) is 0 Å². The molecule has 1 aromatic carbocycles. The average Bonchev–Trinajstić information content (AvgIpc) is 3.28. The summed E-state index contributed by atoms with van der Waals surface area (Å²) in [4.78, 5) is 30.0. The number of imidazole rings is 1. The van der Waals surface area contributed by atoms with Crippen LogP contribution in [-0.2, 0) is 15.8 Å². The van der Waals surface area contributed by atoms with Crippen molar-refractivity contribution in [2.24, 2.45) is 0 Å². The minimum atomic E-state index is -4.67. The fourth-order valence-electron chi connectivity index (χ4n) is 3.97. The number of anilines is 2. The lowest BCUT2D eigenvalue weighted by Gasteiger charge is -2.21. The van der Waals surface area contributed by atoms with Gasteiger partial charge in [0.25, 0.3) is 5.91 Å². The highest BCUT2D eigenvalue weighted by Crippen LogP contribution is 2.37. The van der Waals surface area contributed by atoms with Gasteiger partial charge in [0.15, 0.2) is 5.69 Å². The van der Waals surface area contributed by atoms with Gasteiger partial charge in [-0.15, -0.1) is 0 Å². The predicted molar refractivity (Wildman–Crippen MR) is 128 cm³/mol. The van der Waals surface area contributed by atoms with Crippen LogP contribution < -0.4 is 10.8 Å². The number of halogens is 3. The van der Waals surface area contributed by atoms with Crippen LogP contribution in [0, 0.1) is 6.92 Å². The highest BCUT2D eigenvalue weighted by atomic mass is 19.4. The topological polar surface area (TPSA) is 103 Å². The van der Waals surface area contributed by atoms with E-state index in [4.69, 9.17) is 9.57 Å². The van der Waals surface area contributed by atoms with Crippen LogP contribution in [-0.4, -0.2) is 44.6 Å². The fourth-order valence-corrected chi connectivity index (χ4v) is 3.97.